The van der Waals surface area contributed by atoms with E-state index < -0.39 is 17.5 Å². The molecular formula is C17H16F2N2O2. The molecule has 0 aliphatic carbocycles. The monoisotopic (exact) mass is 318 g/mol. The van der Waals surface area contributed by atoms with Crippen LogP contribution in [0.1, 0.15) is 15.9 Å². The number of carbonyl (C=O) groups excluding carboxylic acids is 2. The summed E-state index contributed by atoms with van der Waals surface area (Å²) in [5.74, 6) is -3.08. The van der Waals surface area contributed by atoms with Gasteiger partial charge in [0.15, 0.2) is 11.6 Å². The number of nitrogens with zero attached hydrogens (tertiary/aromatic N) is 1. The number of rotatable bonds is 4. The first-order chi connectivity index (χ1) is 10.9. The van der Waals surface area contributed by atoms with E-state index in [9.17, 15) is 18.4 Å². The Bertz CT molecular complexity index is 730. The van der Waals surface area contributed by atoms with E-state index in [2.05, 4.69) is 5.32 Å². The number of benzene rings is 2. The Hall–Kier alpha value is -2.76. The predicted octanol–water partition coefficient (Wildman–Crippen LogP) is 2.98. The molecule has 0 fully saturated rings. The first-order valence-corrected chi connectivity index (χ1v) is 6.94. The minimum Gasteiger partial charge on any atom is -0.332 e. The van der Waals surface area contributed by atoms with Crippen LogP contribution in [0.5, 0.6) is 0 Å². The minimum atomic E-state index is -1.10. The van der Waals surface area contributed by atoms with Gasteiger partial charge in [-0.2, -0.15) is 0 Å². The fourth-order valence-electron chi connectivity index (χ4n) is 1.97. The van der Waals surface area contributed by atoms with E-state index in [4.69, 9.17) is 0 Å². The van der Waals surface area contributed by atoms with E-state index in [0.717, 1.165) is 22.6 Å². The molecular weight excluding hydrogens is 302 g/mol. The maximum absolute atomic E-state index is 13.2. The molecule has 0 saturated carbocycles. The van der Waals surface area contributed by atoms with Gasteiger partial charge in [-0.3, -0.25) is 9.59 Å². The number of hydrogen-bond donors (Lipinski definition) is 1. The summed E-state index contributed by atoms with van der Waals surface area (Å²) in [6.07, 6.45) is 0. The highest BCUT2D eigenvalue weighted by Gasteiger charge is 2.16. The highest BCUT2D eigenvalue weighted by Crippen LogP contribution is 2.11. The zero-order valence-electron chi connectivity index (χ0n) is 12.8. The third kappa shape index (κ3) is 4.35. The van der Waals surface area contributed by atoms with Gasteiger partial charge in [-0.05, 0) is 37.3 Å². The average molecular weight is 318 g/mol. The van der Waals surface area contributed by atoms with E-state index >= 15 is 0 Å². The second-order valence-corrected chi connectivity index (χ2v) is 5.20. The molecule has 6 heteroatoms. The molecule has 120 valence electrons. The van der Waals surface area contributed by atoms with Gasteiger partial charge in [-0.1, -0.05) is 17.7 Å². The first-order valence-electron chi connectivity index (χ1n) is 6.94. The van der Waals surface area contributed by atoms with Crippen LogP contribution in [0.25, 0.3) is 0 Å². The van der Waals surface area contributed by atoms with Gasteiger partial charge in [-0.15, -0.1) is 0 Å². The van der Waals surface area contributed by atoms with Crippen molar-refractivity contribution in [3.05, 3.63) is 65.2 Å². The zero-order chi connectivity index (χ0) is 17.0. The Balaban J connectivity index is 1.98. The van der Waals surface area contributed by atoms with Gasteiger partial charge in [0.2, 0.25) is 5.91 Å². The van der Waals surface area contributed by atoms with Gasteiger partial charge in [0, 0.05) is 18.3 Å². The molecule has 2 amide bonds. The molecule has 0 spiro atoms. The molecule has 0 saturated heterocycles. The lowest BCUT2D eigenvalue weighted by molar-refractivity contribution is -0.116. The topological polar surface area (TPSA) is 49.4 Å². The molecule has 0 radical (unpaired) electrons. The first kappa shape index (κ1) is 16.6. The number of hydrogen-bond acceptors (Lipinski definition) is 2. The lowest BCUT2D eigenvalue weighted by Crippen LogP contribution is -2.35. The number of nitrogens with one attached hydrogen (secondary N) is 1. The van der Waals surface area contributed by atoms with Crippen molar-refractivity contribution in [2.45, 2.75) is 6.92 Å². The van der Waals surface area contributed by atoms with Crippen molar-refractivity contribution < 1.29 is 18.4 Å². The van der Waals surface area contributed by atoms with E-state index in [1.807, 2.05) is 19.1 Å². The van der Waals surface area contributed by atoms with Gasteiger partial charge in [0.25, 0.3) is 5.91 Å². The molecule has 2 rings (SSSR count). The highest BCUT2D eigenvalue weighted by molar-refractivity contribution is 5.99. The van der Waals surface area contributed by atoms with Gasteiger partial charge in [-0.25, -0.2) is 8.78 Å². The van der Waals surface area contributed by atoms with Gasteiger partial charge in [0.1, 0.15) is 0 Å². The maximum atomic E-state index is 13.2. The van der Waals surface area contributed by atoms with Crippen LogP contribution in [0.2, 0.25) is 0 Å². The molecule has 4 nitrogen and oxygen atoms in total. The summed E-state index contributed by atoms with van der Waals surface area (Å²) in [5.41, 5.74) is 1.66. The summed E-state index contributed by atoms with van der Waals surface area (Å²) in [6, 6.07) is 10.1. The summed E-state index contributed by atoms with van der Waals surface area (Å²) in [7, 11) is 1.41. The Morgan fingerprint density at radius 3 is 2.30 bits per heavy atom. The van der Waals surface area contributed by atoms with Crippen LogP contribution in [0, 0.1) is 18.6 Å². The Morgan fingerprint density at radius 1 is 1.04 bits per heavy atom. The standard InChI is InChI=1S/C17H16F2N2O2/c1-11-3-6-13(7-4-11)20-16(22)10-21(2)17(23)12-5-8-14(18)15(19)9-12/h3-9H,10H2,1-2H3,(H,20,22). The average Bonchev–Trinajstić information content (AvgIpc) is 2.51. The van der Waals surface area contributed by atoms with Gasteiger partial charge < -0.3 is 10.2 Å². The molecule has 0 aliphatic rings. The van der Waals surface area contributed by atoms with Crippen molar-refractivity contribution >= 4 is 17.5 Å². The predicted molar refractivity (Wildman–Crippen MR) is 83.1 cm³/mol. The van der Waals surface area contributed by atoms with Crippen LogP contribution in [0.3, 0.4) is 0 Å². The minimum absolute atomic E-state index is 0.0189. The smallest absolute Gasteiger partial charge is 0.254 e. The third-order valence-electron chi connectivity index (χ3n) is 3.23. The molecule has 0 aliphatic heterocycles. The number of amides is 2. The molecule has 1 N–H and O–H groups in total. The summed E-state index contributed by atoms with van der Waals surface area (Å²) >= 11 is 0. The molecule has 0 aromatic heterocycles. The highest BCUT2D eigenvalue weighted by atomic mass is 19.2. The maximum Gasteiger partial charge on any atom is 0.254 e. The number of aryl methyl sites for hydroxylation is 1. The van der Waals surface area contributed by atoms with Crippen molar-refractivity contribution in [3.63, 3.8) is 0 Å². The van der Waals surface area contributed by atoms with Crippen molar-refractivity contribution in [2.24, 2.45) is 0 Å². The van der Waals surface area contributed by atoms with Crippen molar-refractivity contribution in [3.8, 4) is 0 Å². The lowest BCUT2D eigenvalue weighted by atomic mass is 10.2. The van der Waals surface area contributed by atoms with E-state index in [-0.39, 0.29) is 18.0 Å². The third-order valence-corrected chi connectivity index (χ3v) is 3.23. The Morgan fingerprint density at radius 2 is 1.70 bits per heavy atom. The van der Waals surface area contributed by atoms with Crippen LogP contribution in [-0.2, 0) is 4.79 Å². The zero-order valence-corrected chi connectivity index (χ0v) is 12.8. The molecule has 23 heavy (non-hydrogen) atoms. The van der Waals surface area contributed by atoms with Crippen LogP contribution in [0.4, 0.5) is 14.5 Å². The normalized spacial score (nSPS) is 10.3. The second-order valence-electron chi connectivity index (χ2n) is 5.20. The molecule has 0 heterocycles. The molecule has 2 aromatic rings. The molecule has 0 bridgehead atoms. The molecule has 0 atom stereocenters. The van der Waals surface area contributed by atoms with Crippen molar-refractivity contribution in [1.82, 2.24) is 4.90 Å². The van der Waals surface area contributed by atoms with Crippen molar-refractivity contribution in [2.75, 3.05) is 18.9 Å². The molecule has 0 unspecified atom stereocenters. The van der Waals surface area contributed by atoms with E-state index in [1.54, 1.807) is 12.1 Å². The van der Waals surface area contributed by atoms with Crippen LogP contribution in [0.15, 0.2) is 42.5 Å². The molecule has 2 aromatic carbocycles. The Kier molecular flexibility index (Phi) is 5.05. The van der Waals surface area contributed by atoms with Gasteiger partial charge in [0.05, 0.1) is 6.54 Å². The number of carbonyl (C=O) groups is 2. The fraction of sp³-hybridized carbons (Fsp3) is 0.176. The van der Waals surface area contributed by atoms with Crippen molar-refractivity contribution in [1.29, 1.82) is 0 Å². The van der Waals surface area contributed by atoms with Crippen LogP contribution >= 0.6 is 0 Å². The van der Waals surface area contributed by atoms with E-state index in [0.29, 0.717) is 5.69 Å². The van der Waals surface area contributed by atoms with Crippen LogP contribution in [-0.4, -0.2) is 30.3 Å². The van der Waals surface area contributed by atoms with E-state index in [1.165, 1.54) is 13.1 Å². The SMILES string of the molecule is Cc1ccc(NC(=O)CN(C)C(=O)c2ccc(F)c(F)c2)cc1. The van der Waals surface area contributed by atoms with Crippen LogP contribution < -0.4 is 5.32 Å². The van der Waals surface area contributed by atoms with Gasteiger partial charge >= 0.3 is 0 Å². The number of anilines is 1. The lowest BCUT2D eigenvalue weighted by Gasteiger charge is -2.17. The number of halogens is 2. The second kappa shape index (κ2) is 7.00. The summed E-state index contributed by atoms with van der Waals surface area (Å²) in [4.78, 5) is 25.2. The summed E-state index contributed by atoms with van der Waals surface area (Å²) in [5, 5.41) is 2.66. The largest absolute Gasteiger partial charge is 0.332 e. The quantitative estimate of drug-likeness (QED) is 0.942. The summed E-state index contributed by atoms with van der Waals surface area (Å²) < 4.78 is 26.0. The number of likely N-dealkylation sites (N-methyl/N-ethyl adjacent to an activating group) is 1. The summed E-state index contributed by atoms with van der Waals surface area (Å²) in [6.45, 7) is 1.73. The fourth-order valence-corrected chi connectivity index (χ4v) is 1.97. The Labute approximate surface area is 132 Å².